The molecule has 2 N–H and O–H groups in total. The van der Waals surface area contributed by atoms with E-state index in [1.807, 2.05) is 12.1 Å². The maximum Gasteiger partial charge on any atom is 0.256 e. The molecule has 0 radical (unpaired) electrons. The van der Waals surface area contributed by atoms with E-state index >= 15 is 0 Å². The minimum absolute atomic E-state index is 0.344. The third-order valence-corrected chi connectivity index (χ3v) is 4.29. The lowest BCUT2D eigenvalue weighted by molar-refractivity contribution is 0.0939. The molecule has 2 rings (SSSR count). The second-order valence-corrected chi connectivity index (χ2v) is 8.08. The number of hydrogen-bond acceptors (Lipinski definition) is 3. The van der Waals surface area contributed by atoms with Crippen molar-refractivity contribution in [2.24, 2.45) is 0 Å². The van der Waals surface area contributed by atoms with Crippen LogP contribution in [-0.4, -0.2) is 23.0 Å². The second-order valence-electron chi connectivity index (χ2n) is 4.80. The number of alkyl halides is 3. The first kappa shape index (κ1) is 19.2. The molecule has 1 amide bonds. The zero-order chi connectivity index (χ0) is 17.7. The standard InChI is InChI=1S/C16H14BrCl3N2O2/c1-24-13-5-3-2-4-12(13)14(23)22-15(16(18,19)20)21-11-8-6-10(17)7-9-11/h2-9,15,21H,1H3,(H,22,23)/t15-/m1/s1. The zero-order valence-corrected chi connectivity index (χ0v) is 16.4. The quantitative estimate of drug-likeness (QED) is 0.496. The van der Waals surface area contributed by atoms with Crippen molar-refractivity contribution in [3.63, 3.8) is 0 Å². The number of ether oxygens (including phenoxy) is 1. The molecule has 4 nitrogen and oxygen atoms in total. The molecule has 0 unspecified atom stereocenters. The van der Waals surface area contributed by atoms with Crippen molar-refractivity contribution >= 4 is 62.3 Å². The predicted octanol–water partition coefficient (Wildman–Crippen LogP) is 5.00. The first-order valence-corrected chi connectivity index (χ1v) is 8.76. The monoisotopic (exact) mass is 450 g/mol. The van der Waals surface area contributed by atoms with Crippen molar-refractivity contribution in [3.8, 4) is 5.75 Å². The van der Waals surface area contributed by atoms with Crippen LogP contribution in [0.5, 0.6) is 5.75 Å². The fourth-order valence-corrected chi connectivity index (χ4v) is 2.55. The van der Waals surface area contributed by atoms with Gasteiger partial charge in [0.15, 0.2) is 0 Å². The van der Waals surface area contributed by atoms with Crippen molar-refractivity contribution in [3.05, 3.63) is 58.6 Å². The van der Waals surface area contributed by atoms with E-state index in [4.69, 9.17) is 39.5 Å². The van der Waals surface area contributed by atoms with Crippen LogP contribution in [0, 0.1) is 0 Å². The molecule has 2 aromatic rings. The van der Waals surface area contributed by atoms with Gasteiger partial charge < -0.3 is 15.4 Å². The summed E-state index contributed by atoms with van der Waals surface area (Å²) in [5, 5.41) is 5.67. The molecule has 0 aliphatic heterocycles. The zero-order valence-electron chi connectivity index (χ0n) is 12.5. The van der Waals surface area contributed by atoms with E-state index in [-0.39, 0.29) is 0 Å². The summed E-state index contributed by atoms with van der Waals surface area (Å²) in [7, 11) is 1.48. The Morgan fingerprint density at radius 1 is 1.12 bits per heavy atom. The van der Waals surface area contributed by atoms with Crippen LogP contribution in [0.25, 0.3) is 0 Å². The van der Waals surface area contributed by atoms with E-state index < -0.39 is 15.9 Å². The van der Waals surface area contributed by atoms with Gasteiger partial charge in [0.1, 0.15) is 11.9 Å². The molecular formula is C16H14BrCl3N2O2. The van der Waals surface area contributed by atoms with Gasteiger partial charge in [-0.25, -0.2) is 0 Å². The van der Waals surface area contributed by atoms with Gasteiger partial charge in [-0.2, -0.15) is 0 Å². The summed E-state index contributed by atoms with van der Waals surface area (Å²) < 4.78 is 4.33. The summed E-state index contributed by atoms with van der Waals surface area (Å²) in [6.45, 7) is 0. The Hall–Kier alpha value is -1.14. The van der Waals surface area contributed by atoms with Gasteiger partial charge in [0.2, 0.25) is 3.79 Å². The third-order valence-electron chi connectivity index (χ3n) is 3.11. The van der Waals surface area contributed by atoms with Crippen molar-refractivity contribution in [1.29, 1.82) is 0 Å². The van der Waals surface area contributed by atoms with E-state index in [9.17, 15) is 4.79 Å². The topological polar surface area (TPSA) is 50.4 Å². The van der Waals surface area contributed by atoms with Crippen molar-refractivity contribution in [1.82, 2.24) is 5.32 Å². The average Bonchev–Trinajstić information content (AvgIpc) is 2.55. The van der Waals surface area contributed by atoms with Gasteiger partial charge in [0.05, 0.1) is 12.7 Å². The van der Waals surface area contributed by atoms with Gasteiger partial charge in [0, 0.05) is 10.2 Å². The Morgan fingerprint density at radius 2 is 1.75 bits per heavy atom. The third kappa shape index (κ3) is 5.18. The molecule has 0 aromatic heterocycles. The van der Waals surface area contributed by atoms with Crippen LogP contribution in [0.4, 0.5) is 5.69 Å². The Morgan fingerprint density at radius 3 is 2.33 bits per heavy atom. The summed E-state index contributed by atoms with van der Waals surface area (Å²) in [5.41, 5.74) is 1.03. The van der Waals surface area contributed by atoms with Crippen LogP contribution in [0.2, 0.25) is 0 Å². The number of nitrogens with one attached hydrogen (secondary N) is 2. The molecule has 0 aliphatic rings. The summed E-state index contributed by atoms with van der Waals surface area (Å²) in [6.07, 6.45) is -0.943. The summed E-state index contributed by atoms with van der Waals surface area (Å²) in [4.78, 5) is 12.5. The summed E-state index contributed by atoms with van der Waals surface area (Å²) >= 11 is 21.3. The molecular weight excluding hydrogens is 438 g/mol. The number of halogens is 4. The Kier molecular flexibility index (Phi) is 6.63. The van der Waals surface area contributed by atoms with Gasteiger partial charge in [-0.15, -0.1) is 0 Å². The highest BCUT2D eigenvalue weighted by Crippen LogP contribution is 2.32. The largest absolute Gasteiger partial charge is 0.496 e. The first-order valence-electron chi connectivity index (χ1n) is 6.84. The van der Waals surface area contributed by atoms with Gasteiger partial charge in [-0.05, 0) is 36.4 Å². The molecule has 0 bridgehead atoms. The second kappa shape index (κ2) is 8.30. The van der Waals surface area contributed by atoms with Crippen molar-refractivity contribution in [2.45, 2.75) is 9.96 Å². The van der Waals surface area contributed by atoms with Gasteiger partial charge in [-0.1, -0.05) is 62.9 Å². The maximum absolute atomic E-state index is 12.5. The molecule has 0 heterocycles. The Balaban J connectivity index is 2.20. The van der Waals surface area contributed by atoms with E-state index in [1.165, 1.54) is 7.11 Å². The van der Waals surface area contributed by atoms with Gasteiger partial charge >= 0.3 is 0 Å². The number of hydrogen-bond donors (Lipinski definition) is 2. The first-order chi connectivity index (χ1) is 11.3. The normalized spacial score (nSPS) is 12.4. The number of carbonyl (C=O) groups excluding carboxylic acids is 1. The SMILES string of the molecule is COc1ccccc1C(=O)N[C@@H](Nc1ccc(Br)cc1)C(Cl)(Cl)Cl. The summed E-state index contributed by atoms with van der Waals surface area (Å²) in [6, 6.07) is 14.1. The highest BCUT2D eigenvalue weighted by Gasteiger charge is 2.34. The lowest BCUT2D eigenvalue weighted by Crippen LogP contribution is -2.49. The van der Waals surface area contributed by atoms with Crippen molar-refractivity contribution < 1.29 is 9.53 Å². The van der Waals surface area contributed by atoms with Crippen LogP contribution in [0.15, 0.2) is 53.0 Å². The number of methoxy groups -OCH3 is 1. The molecule has 0 fully saturated rings. The molecule has 0 saturated heterocycles. The molecule has 24 heavy (non-hydrogen) atoms. The number of carbonyl (C=O) groups is 1. The fourth-order valence-electron chi connectivity index (χ4n) is 1.95. The van der Waals surface area contributed by atoms with Crippen LogP contribution < -0.4 is 15.4 Å². The fraction of sp³-hybridized carbons (Fsp3) is 0.188. The number of para-hydroxylation sites is 1. The van der Waals surface area contributed by atoms with Crippen LogP contribution in [-0.2, 0) is 0 Å². The number of rotatable bonds is 5. The highest BCUT2D eigenvalue weighted by atomic mass is 79.9. The number of anilines is 1. The molecule has 0 aliphatic carbocycles. The Labute approximate surface area is 163 Å². The molecule has 0 saturated carbocycles. The van der Waals surface area contributed by atoms with E-state index in [0.717, 1.165) is 4.47 Å². The van der Waals surface area contributed by atoms with E-state index in [0.29, 0.717) is 17.0 Å². The lowest BCUT2D eigenvalue weighted by atomic mass is 10.2. The maximum atomic E-state index is 12.5. The predicted molar refractivity (Wildman–Crippen MR) is 102 cm³/mol. The summed E-state index contributed by atoms with van der Waals surface area (Å²) in [5.74, 6) is 0.00935. The Bertz CT molecular complexity index is 705. The van der Waals surface area contributed by atoms with Crippen LogP contribution in [0.3, 0.4) is 0 Å². The van der Waals surface area contributed by atoms with Gasteiger partial charge in [-0.3, -0.25) is 4.79 Å². The molecule has 8 heteroatoms. The number of amides is 1. The van der Waals surface area contributed by atoms with Crippen LogP contribution in [0.1, 0.15) is 10.4 Å². The van der Waals surface area contributed by atoms with Crippen LogP contribution >= 0.6 is 50.7 Å². The molecule has 0 spiro atoms. The average molecular weight is 453 g/mol. The van der Waals surface area contributed by atoms with E-state index in [1.54, 1.807) is 36.4 Å². The molecule has 128 valence electrons. The molecule has 2 aromatic carbocycles. The smallest absolute Gasteiger partial charge is 0.256 e. The van der Waals surface area contributed by atoms with E-state index in [2.05, 4.69) is 26.6 Å². The molecule has 1 atom stereocenters. The highest BCUT2D eigenvalue weighted by molar-refractivity contribution is 9.10. The van der Waals surface area contributed by atoms with Gasteiger partial charge in [0.25, 0.3) is 5.91 Å². The lowest BCUT2D eigenvalue weighted by Gasteiger charge is -2.27. The van der Waals surface area contributed by atoms with Crippen molar-refractivity contribution in [2.75, 3.05) is 12.4 Å². The number of benzene rings is 2. The minimum atomic E-state index is -1.76. The minimum Gasteiger partial charge on any atom is -0.496 e.